The van der Waals surface area contributed by atoms with Crippen molar-refractivity contribution in [3.63, 3.8) is 0 Å². The summed E-state index contributed by atoms with van der Waals surface area (Å²) >= 11 is 0. The highest BCUT2D eigenvalue weighted by Crippen LogP contribution is 2.62. The molecule has 0 aromatic carbocycles. The average molecular weight is 219 g/mol. The van der Waals surface area contributed by atoms with Gasteiger partial charge in [0.2, 0.25) is 0 Å². The van der Waals surface area contributed by atoms with Crippen molar-refractivity contribution in [2.24, 2.45) is 29.1 Å². The molecule has 0 unspecified atom stereocenters. The molecule has 0 radical (unpaired) electrons. The Morgan fingerprint density at radius 2 is 1.69 bits per heavy atom. The summed E-state index contributed by atoms with van der Waals surface area (Å²) < 4.78 is 4.91. The van der Waals surface area contributed by atoms with Crippen molar-refractivity contribution in [1.82, 2.24) is 0 Å². The molecule has 0 amide bonds. The molecule has 4 aliphatic carbocycles. The molecule has 4 bridgehead atoms. The molecule has 0 N–H and O–H groups in total. The van der Waals surface area contributed by atoms with Gasteiger partial charge in [0, 0.05) is 0 Å². The van der Waals surface area contributed by atoms with Crippen LogP contribution in [-0.2, 0) is 9.53 Å². The molecule has 4 aliphatic rings. The van der Waals surface area contributed by atoms with Crippen LogP contribution in [0.25, 0.3) is 0 Å². The van der Waals surface area contributed by atoms with Crippen LogP contribution in [0.3, 0.4) is 0 Å². The van der Waals surface area contributed by atoms with Crippen molar-refractivity contribution in [3.05, 3.63) is 0 Å². The fraction of sp³-hybridized carbons (Fsp3) is 0.846. The van der Waals surface area contributed by atoms with E-state index in [0.717, 1.165) is 37.5 Å². The number of carbonyl (C=O) groups excluding carboxylic acids is 1. The molecule has 86 valence electrons. The predicted octanol–water partition coefficient (Wildman–Crippen LogP) is 2.13. The van der Waals surface area contributed by atoms with E-state index in [2.05, 4.69) is 6.07 Å². The number of ether oxygens (including phenoxy) is 1. The molecule has 3 heteroatoms. The number of nitrogens with zero attached hydrogens (tertiary/aromatic N) is 1. The third-order valence-corrected chi connectivity index (χ3v) is 5.13. The number of methoxy groups -OCH3 is 1. The van der Waals surface area contributed by atoms with Crippen LogP contribution >= 0.6 is 0 Å². The van der Waals surface area contributed by atoms with Crippen LogP contribution in [0.15, 0.2) is 0 Å². The van der Waals surface area contributed by atoms with Crippen LogP contribution in [0.1, 0.15) is 32.1 Å². The van der Waals surface area contributed by atoms with Crippen LogP contribution in [0.5, 0.6) is 0 Å². The molecule has 0 aliphatic heterocycles. The van der Waals surface area contributed by atoms with E-state index in [9.17, 15) is 10.1 Å². The van der Waals surface area contributed by atoms with Crippen LogP contribution in [0.4, 0.5) is 0 Å². The van der Waals surface area contributed by atoms with Crippen LogP contribution in [0.2, 0.25) is 0 Å². The zero-order valence-electron chi connectivity index (χ0n) is 9.61. The molecule has 3 nitrogen and oxygen atoms in total. The number of nitriles is 1. The molecular weight excluding hydrogens is 202 g/mol. The SMILES string of the molecule is COC(=O)C1(C#N)C2CC3CC(C2)CC1C3. The standard InChI is InChI=1S/C13H17NO2/c1-16-12(15)13(7-14)10-3-8-2-9(5-10)6-11(13)4-8/h8-11H,2-6H2,1H3. The lowest BCUT2D eigenvalue weighted by atomic mass is 9.45. The first kappa shape index (κ1) is 10.1. The Hall–Kier alpha value is -1.04. The largest absolute Gasteiger partial charge is 0.468 e. The minimum absolute atomic E-state index is 0.265. The lowest BCUT2D eigenvalue weighted by Gasteiger charge is -2.56. The second-order valence-electron chi connectivity index (χ2n) is 5.78. The summed E-state index contributed by atoms with van der Waals surface area (Å²) in [5.41, 5.74) is -0.803. The fourth-order valence-electron chi connectivity index (χ4n) is 4.66. The van der Waals surface area contributed by atoms with Crippen molar-refractivity contribution >= 4 is 5.97 Å². The number of hydrogen-bond donors (Lipinski definition) is 0. The first-order valence-corrected chi connectivity index (χ1v) is 6.20. The monoisotopic (exact) mass is 219 g/mol. The third-order valence-electron chi connectivity index (χ3n) is 5.13. The Labute approximate surface area is 95.8 Å². The maximum Gasteiger partial charge on any atom is 0.326 e. The normalized spacial score (nSPS) is 48.8. The Morgan fingerprint density at radius 3 is 2.06 bits per heavy atom. The van der Waals surface area contributed by atoms with Crippen molar-refractivity contribution in [2.45, 2.75) is 32.1 Å². The number of hydrogen-bond acceptors (Lipinski definition) is 3. The minimum atomic E-state index is -0.803. The van der Waals surface area contributed by atoms with E-state index in [4.69, 9.17) is 4.74 Å². The van der Waals surface area contributed by atoms with Gasteiger partial charge < -0.3 is 4.74 Å². The quantitative estimate of drug-likeness (QED) is 0.635. The lowest BCUT2D eigenvalue weighted by Crippen LogP contribution is -2.56. The molecular formula is C13H17NO2. The summed E-state index contributed by atoms with van der Waals surface area (Å²) in [6.07, 6.45) is 5.59. The van der Waals surface area contributed by atoms with Gasteiger partial charge in [-0.15, -0.1) is 0 Å². The molecule has 0 aromatic rings. The molecule has 16 heavy (non-hydrogen) atoms. The maximum absolute atomic E-state index is 12.0. The maximum atomic E-state index is 12.0. The highest BCUT2D eigenvalue weighted by atomic mass is 16.5. The van der Waals surface area contributed by atoms with Gasteiger partial charge in [-0.2, -0.15) is 5.26 Å². The average Bonchev–Trinajstić information content (AvgIpc) is 2.28. The molecule has 0 aromatic heterocycles. The van der Waals surface area contributed by atoms with E-state index in [-0.39, 0.29) is 17.8 Å². The summed E-state index contributed by atoms with van der Waals surface area (Å²) in [5, 5.41) is 9.50. The number of rotatable bonds is 1. The predicted molar refractivity (Wildman–Crippen MR) is 57.1 cm³/mol. The van der Waals surface area contributed by atoms with Crippen molar-refractivity contribution in [2.75, 3.05) is 7.11 Å². The summed E-state index contributed by atoms with van der Waals surface area (Å²) in [6, 6.07) is 2.34. The summed E-state index contributed by atoms with van der Waals surface area (Å²) in [5.74, 6) is 1.80. The Balaban J connectivity index is 2.01. The van der Waals surface area contributed by atoms with Gasteiger partial charge >= 0.3 is 5.97 Å². The smallest absolute Gasteiger partial charge is 0.326 e. The van der Waals surface area contributed by atoms with Gasteiger partial charge in [0.1, 0.15) is 0 Å². The molecule has 4 rings (SSSR count). The lowest BCUT2D eigenvalue weighted by molar-refractivity contribution is -0.170. The van der Waals surface area contributed by atoms with Crippen LogP contribution in [-0.4, -0.2) is 13.1 Å². The van der Waals surface area contributed by atoms with E-state index in [1.54, 1.807) is 0 Å². The van der Waals surface area contributed by atoms with Gasteiger partial charge in [-0.25, -0.2) is 0 Å². The second kappa shape index (κ2) is 3.23. The van der Waals surface area contributed by atoms with Crippen LogP contribution < -0.4 is 0 Å². The Kier molecular flexibility index (Phi) is 2.04. The van der Waals surface area contributed by atoms with E-state index in [1.807, 2.05) is 0 Å². The molecule has 4 saturated carbocycles. The first-order valence-electron chi connectivity index (χ1n) is 6.20. The Bertz CT molecular complexity index is 341. The Morgan fingerprint density at radius 1 is 1.19 bits per heavy atom. The van der Waals surface area contributed by atoms with Gasteiger partial charge in [-0.1, -0.05) is 0 Å². The zero-order chi connectivity index (χ0) is 11.3. The van der Waals surface area contributed by atoms with E-state index in [1.165, 1.54) is 13.5 Å². The second-order valence-corrected chi connectivity index (χ2v) is 5.78. The summed E-state index contributed by atoms with van der Waals surface area (Å²) in [7, 11) is 1.41. The van der Waals surface area contributed by atoms with Gasteiger partial charge in [-0.3, -0.25) is 4.79 Å². The molecule has 0 saturated heterocycles. The highest BCUT2D eigenvalue weighted by Gasteiger charge is 2.62. The van der Waals surface area contributed by atoms with E-state index in [0.29, 0.717) is 0 Å². The highest BCUT2D eigenvalue weighted by molar-refractivity contribution is 5.81. The van der Waals surface area contributed by atoms with Gasteiger partial charge in [0.25, 0.3) is 0 Å². The van der Waals surface area contributed by atoms with Crippen molar-refractivity contribution < 1.29 is 9.53 Å². The van der Waals surface area contributed by atoms with E-state index >= 15 is 0 Å². The summed E-state index contributed by atoms with van der Waals surface area (Å²) in [4.78, 5) is 12.0. The summed E-state index contributed by atoms with van der Waals surface area (Å²) in [6.45, 7) is 0. The third kappa shape index (κ3) is 1.05. The van der Waals surface area contributed by atoms with Gasteiger partial charge in [0.15, 0.2) is 5.41 Å². The van der Waals surface area contributed by atoms with E-state index < -0.39 is 5.41 Å². The first-order chi connectivity index (χ1) is 7.70. The molecule has 0 heterocycles. The molecule has 4 fully saturated rings. The van der Waals surface area contributed by atoms with Crippen LogP contribution in [0, 0.1) is 40.4 Å². The van der Waals surface area contributed by atoms with Crippen molar-refractivity contribution in [1.29, 1.82) is 5.26 Å². The molecule has 0 spiro atoms. The topological polar surface area (TPSA) is 50.1 Å². The minimum Gasteiger partial charge on any atom is -0.468 e. The fourth-order valence-corrected chi connectivity index (χ4v) is 4.66. The van der Waals surface area contributed by atoms with Gasteiger partial charge in [0.05, 0.1) is 13.2 Å². The number of esters is 1. The van der Waals surface area contributed by atoms with Crippen molar-refractivity contribution in [3.8, 4) is 6.07 Å². The molecule has 0 atom stereocenters. The number of carbonyl (C=O) groups is 1. The zero-order valence-corrected chi connectivity index (χ0v) is 9.61. The van der Waals surface area contributed by atoms with Gasteiger partial charge in [-0.05, 0) is 55.8 Å².